The van der Waals surface area contributed by atoms with Crippen molar-refractivity contribution in [1.82, 2.24) is 10.6 Å². The molecule has 34 heavy (non-hydrogen) atoms. The van der Waals surface area contributed by atoms with Crippen molar-refractivity contribution in [2.45, 2.75) is 55.4 Å². The van der Waals surface area contributed by atoms with Crippen LogP contribution >= 0.6 is 24.4 Å². The summed E-state index contributed by atoms with van der Waals surface area (Å²) in [5.41, 5.74) is 1.85. The number of rotatable bonds is 11. The van der Waals surface area contributed by atoms with Gasteiger partial charge in [0.2, 0.25) is 11.8 Å². The van der Waals surface area contributed by atoms with Gasteiger partial charge in [0.1, 0.15) is 11.6 Å². The van der Waals surface area contributed by atoms with E-state index in [1.165, 1.54) is 0 Å². The number of carboxylic acid groups (broad SMARTS) is 1. The number of thiol groups is 1. The SMILES string of the molecule is CSCC[C@H](S)C(=O)NC1(C(=O)N[C@@H](Cc2ccc(-c3ccccc3)cc2)C(=O)O)CCCC1. The summed E-state index contributed by atoms with van der Waals surface area (Å²) in [6.45, 7) is 0. The predicted molar refractivity (Wildman–Crippen MR) is 140 cm³/mol. The minimum Gasteiger partial charge on any atom is -0.480 e. The first-order valence-electron chi connectivity index (χ1n) is 11.5. The first-order chi connectivity index (χ1) is 16.3. The molecule has 0 aromatic heterocycles. The quantitative estimate of drug-likeness (QED) is 0.351. The summed E-state index contributed by atoms with van der Waals surface area (Å²) < 4.78 is 0. The van der Waals surface area contributed by atoms with Crippen LogP contribution in [0.1, 0.15) is 37.7 Å². The number of benzene rings is 2. The molecule has 2 aromatic rings. The maximum absolute atomic E-state index is 13.3. The zero-order valence-electron chi connectivity index (χ0n) is 19.3. The van der Waals surface area contributed by atoms with Gasteiger partial charge in [0.05, 0.1) is 5.25 Å². The van der Waals surface area contributed by atoms with Gasteiger partial charge in [-0.3, -0.25) is 9.59 Å². The van der Waals surface area contributed by atoms with Gasteiger partial charge >= 0.3 is 5.97 Å². The number of carboxylic acids is 1. The van der Waals surface area contributed by atoms with Gasteiger partial charge < -0.3 is 15.7 Å². The van der Waals surface area contributed by atoms with Gasteiger partial charge in [-0.25, -0.2) is 4.79 Å². The Labute approximate surface area is 210 Å². The molecule has 3 N–H and O–H groups in total. The third-order valence-electron chi connectivity index (χ3n) is 6.26. The van der Waals surface area contributed by atoms with Gasteiger partial charge in [-0.15, -0.1) is 0 Å². The molecule has 1 aliphatic carbocycles. The summed E-state index contributed by atoms with van der Waals surface area (Å²) in [6.07, 6.45) is 5.31. The molecular weight excluding hydrogens is 468 g/mol. The second kappa shape index (κ2) is 12.3. The molecule has 0 aliphatic heterocycles. The number of carbonyl (C=O) groups excluding carboxylic acids is 2. The van der Waals surface area contributed by atoms with Crippen LogP contribution in [0.2, 0.25) is 0 Å². The van der Waals surface area contributed by atoms with Crippen LogP contribution in [0.25, 0.3) is 11.1 Å². The Balaban J connectivity index is 1.68. The first-order valence-corrected chi connectivity index (χ1v) is 13.4. The molecule has 1 saturated carbocycles. The summed E-state index contributed by atoms with van der Waals surface area (Å²) in [5, 5.41) is 14.9. The highest BCUT2D eigenvalue weighted by Crippen LogP contribution is 2.31. The molecule has 0 radical (unpaired) electrons. The molecule has 0 unspecified atom stereocenters. The van der Waals surface area contributed by atoms with Crippen molar-refractivity contribution in [1.29, 1.82) is 0 Å². The molecule has 2 atom stereocenters. The molecule has 1 aliphatic rings. The smallest absolute Gasteiger partial charge is 0.326 e. The van der Waals surface area contributed by atoms with E-state index in [1.54, 1.807) is 11.8 Å². The molecule has 2 aromatic carbocycles. The van der Waals surface area contributed by atoms with Crippen LogP contribution in [0.5, 0.6) is 0 Å². The van der Waals surface area contributed by atoms with Gasteiger partial charge in [-0.05, 0) is 48.0 Å². The highest BCUT2D eigenvalue weighted by atomic mass is 32.2. The number of nitrogens with one attached hydrogen (secondary N) is 2. The van der Waals surface area contributed by atoms with Crippen molar-refractivity contribution in [2.75, 3.05) is 12.0 Å². The topological polar surface area (TPSA) is 95.5 Å². The summed E-state index contributed by atoms with van der Waals surface area (Å²) in [6, 6.07) is 16.5. The Kier molecular flexibility index (Phi) is 9.47. The third-order valence-corrected chi connectivity index (χ3v) is 7.39. The molecule has 0 saturated heterocycles. The zero-order valence-corrected chi connectivity index (χ0v) is 21.0. The Bertz CT molecular complexity index is 976. The van der Waals surface area contributed by atoms with Crippen LogP contribution in [0.4, 0.5) is 0 Å². The molecule has 0 spiro atoms. The van der Waals surface area contributed by atoms with Crippen molar-refractivity contribution < 1.29 is 19.5 Å². The van der Waals surface area contributed by atoms with Crippen LogP contribution in [0.15, 0.2) is 54.6 Å². The lowest BCUT2D eigenvalue weighted by atomic mass is 9.94. The Morgan fingerprint density at radius 2 is 1.65 bits per heavy atom. The molecule has 2 amide bonds. The van der Waals surface area contributed by atoms with Gasteiger partial charge in [0, 0.05) is 6.42 Å². The first kappa shape index (κ1) is 26.2. The number of amides is 2. The lowest BCUT2D eigenvalue weighted by Gasteiger charge is -2.31. The van der Waals surface area contributed by atoms with Gasteiger partial charge in [0.15, 0.2) is 0 Å². The summed E-state index contributed by atoms with van der Waals surface area (Å²) in [4.78, 5) is 37.9. The molecule has 8 heteroatoms. The fourth-order valence-electron chi connectivity index (χ4n) is 4.26. The van der Waals surface area contributed by atoms with Crippen LogP contribution in [-0.4, -0.2) is 51.7 Å². The van der Waals surface area contributed by atoms with Crippen LogP contribution in [-0.2, 0) is 20.8 Å². The number of hydrogen-bond acceptors (Lipinski definition) is 5. The van der Waals surface area contributed by atoms with E-state index >= 15 is 0 Å². The van der Waals surface area contributed by atoms with Crippen molar-refractivity contribution in [3.63, 3.8) is 0 Å². The number of hydrogen-bond donors (Lipinski definition) is 4. The van der Waals surface area contributed by atoms with Crippen molar-refractivity contribution >= 4 is 42.2 Å². The Morgan fingerprint density at radius 3 is 2.24 bits per heavy atom. The van der Waals surface area contributed by atoms with E-state index in [1.807, 2.05) is 60.9 Å². The highest BCUT2D eigenvalue weighted by molar-refractivity contribution is 7.98. The van der Waals surface area contributed by atoms with E-state index < -0.39 is 28.7 Å². The number of thioether (sulfide) groups is 1. The van der Waals surface area contributed by atoms with Gasteiger partial charge in [-0.1, -0.05) is 67.4 Å². The highest BCUT2D eigenvalue weighted by Gasteiger charge is 2.44. The monoisotopic (exact) mass is 500 g/mol. The molecule has 0 heterocycles. The molecule has 1 fully saturated rings. The summed E-state index contributed by atoms with van der Waals surface area (Å²) >= 11 is 6.02. The second-order valence-electron chi connectivity index (χ2n) is 8.71. The molecule has 182 valence electrons. The maximum atomic E-state index is 13.3. The fourth-order valence-corrected chi connectivity index (χ4v) is 5.10. The largest absolute Gasteiger partial charge is 0.480 e. The Morgan fingerprint density at radius 1 is 1.03 bits per heavy atom. The van der Waals surface area contributed by atoms with Gasteiger partial charge in [-0.2, -0.15) is 24.4 Å². The standard InChI is InChI=1S/C26H32N2O4S2/c1-34-16-13-22(33)23(29)28-26(14-5-6-15-26)25(32)27-21(24(30)31)17-18-9-11-20(12-10-18)19-7-3-2-4-8-19/h2-4,7-12,21-22,33H,5-6,13-17H2,1H3,(H,27,32)(H,28,29)(H,30,31)/t21-,22-/m0/s1. The fraction of sp³-hybridized carbons (Fsp3) is 0.423. The van der Waals surface area contributed by atoms with E-state index in [2.05, 4.69) is 23.3 Å². The third kappa shape index (κ3) is 6.79. The predicted octanol–water partition coefficient (Wildman–Crippen LogP) is 3.95. The summed E-state index contributed by atoms with van der Waals surface area (Å²) in [5.74, 6) is -1.02. The Hall–Kier alpha value is -2.45. The lowest BCUT2D eigenvalue weighted by Crippen LogP contribution is -2.61. The van der Waals surface area contributed by atoms with Crippen LogP contribution in [0.3, 0.4) is 0 Å². The molecule has 0 bridgehead atoms. The number of aliphatic carboxylic acids is 1. The zero-order chi connectivity index (χ0) is 24.6. The molecular formula is C26H32N2O4S2. The van der Waals surface area contributed by atoms with E-state index in [0.29, 0.717) is 19.3 Å². The van der Waals surface area contributed by atoms with Gasteiger partial charge in [0.25, 0.3) is 0 Å². The lowest BCUT2D eigenvalue weighted by molar-refractivity contribution is -0.143. The maximum Gasteiger partial charge on any atom is 0.326 e. The van der Waals surface area contributed by atoms with E-state index in [4.69, 9.17) is 0 Å². The number of carbonyl (C=O) groups is 3. The molecule has 3 rings (SSSR count). The van der Waals surface area contributed by atoms with Crippen molar-refractivity contribution in [3.05, 3.63) is 60.2 Å². The van der Waals surface area contributed by atoms with E-state index in [0.717, 1.165) is 35.3 Å². The summed E-state index contributed by atoms with van der Waals surface area (Å²) in [7, 11) is 0. The van der Waals surface area contributed by atoms with Crippen LogP contribution in [0, 0.1) is 0 Å². The van der Waals surface area contributed by atoms with Crippen LogP contribution < -0.4 is 10.6 Å². The van der Waals surface area contributed by atoms with Crippen molar-refractivity contribution in [3.8, 4) is 11.1 Å². The minimum atomic E-state index is -1.10. The van der Waals surface area contributed by atoms with Crippen molar-refractivity contribution in [2.24, 2.45) is 0 Å². The second-order valence-corrected chi connectivity index (χ2v) is 10.3. The average molecular weight is 501 g/mol. The average Bonchev–Trinajstić information content (AvgIpc) is 3.32. The van der Waals surface area contributed by atoms with E-state index in [-0.39, 0.29) is 12.3 Å². The normalized spacial score (nSPS) is 16.4. The molecule has 6 nitrogen and oxygen atoms in total. The van der Waals surface area contributed by atoms with E-state index in [9.17, 15) is 19.5 Å². The minimum absolute atomic E-state index is 0.156.